The van der Waals surface area contributed by atoms with Crippen LogP contribution in [0.15, 0.2) is 66.0 Å². The van der Waals surface area contributed by atoms with E-state index in [9.17, 15) is 14.0 Å². The van der Waals surface area contributed by atoms with Crippen LogP contribution in [0.5, 0.6) is 0 Å². The fraction of sp³-hybridized carbons (Fsp3) is 0.100. The molecule has 7 nitrogen and oxygen atoms in total. The molecule has 0 saturated heterocycles. The van der Waals surface area contributed by atoms with Crippen molar-refractivity contribution in [2.24, 2.45) is 0 Å². The van der Waals surface area contributed by atoms with Gasteiger partial charge in [-0.3, -0.25) is 14.2 Å². The molecule has 2 aromatic carbocycles. The van der Waals surface area contributed by atoms with Crippen molar-refractivity contribution in [2.45, 2.75) is 6.54 Å². The highest BCUT2D eigenvalue weighted by molar-refractivity contribution is 5.97. The van der Waals surface area contributed by atoms with Gasteiger partial charge < -0.3 is 10.3 Å². The number of benzene rings is 2. The molecule has 0 bridgehead atoms. The van der Waals surface area contributed by atoms with Crippen molar-refractivity contribution in [2.75, 3.05) is 6.54 Å². The van der Waals surface area contributed by atoms with E-state index in [2.05, 4.69) is 20.3 Å². The van der Waals surface area contributed by atoms with E-state index < -0.39 is 0 Å². The number of rotatable bonds is 5. The molecule has 0 fully saturated rings. The van der Waals surface area contributed by atoms with Crippen LogP contribution in [0.2, 0.25) is 0 Å². The number of carbonyl (C=O) groups excluding carboxylic acids is 1. The van der Waals surface area contributed by atoms with Gasteiger partial charge >= 0.3 is 0 Å². The lowest BCUT2D eigenvalue weighted by molar-refractivity contribution is 0.0952. The summed E-state index contributed by atoms with van der Waals surface area (Å²) < 4.78 is 14.4. The Bertz CT molecular complexity index is 1200. The monoisotopic (exact) mass is 377 g/mol. The Labute approximate surface area is 158 Å². The van der Waals surface area contributed by atoms with Crippen LogP contribution in [0.3, 0.4) is 0 Å². The highest BCUT2D eigenvalue weighted by Crippen LogP contribution is 2.15. The van der Waals surface area contributed by atoms with E-state index in [0.717, 1.165) is 11.0 Å². The SMILES string of the molecule is O=C(NCCn1cnc(-c2ccc(F)cc2)cc1=O)c1ccc2nc[nH]c2c1. The minimum Gasteiger partial charge on any atom is -0.350 e. The number of carbonyl (C=O) groups is 1. The van der Waals surface area contributed by atoms with Crippen LogP contribution in [-0.2, 0) is 6.54 Å². The third kappa shape index (κ3) is 3.66. The van der Waals surface area contributed by atoms with Gasteiger partial charge in [0, 0.05) is 30.3 Å². The molecule has 0 saturated carbocycles. The van der Waals surface area contributed by atoms with Gasteiger partial charge in [-0.1, -0.05) is 0 Å². The van der Waals surface area contributed by atoms with E-state index >= 15 is 0 Å². The number of halogens is 1. The second-order valence-corrected chi connectivity index (χ2v) is 6.20. The Morgan fingerprint density at radius 1 is 1.11 bits per heavy atom. The normalized spacial score (nSPS) is 10.9. The molecule has 1 amide bonds. The predicted molar refractivity (Wildman–Crippen MR) is 102 cm³/mol. The maximum absolute atomic E-state index is 13.0. The zero-order valence-electron chi connectivity index (χ0n) is 14.7. The number of H-pyrrole nitrogens is 1. The second kappa shape index (κ2) is 7.43. The zero-order valence-corrected chi connectivity index (χ0v) is 14.7. The van der Waals surface area contributed by atoms with Crippen LogP contribution in [0.4, 0.5) is 4.39 Å². The molecule has 0 atom stereocenters. The van der Waals surface area contributed by atoms with Gasteiger partial charge in [-0.15, -0.1) is 0 Å². The topological polar surface area (TPSA) is 92.7 Å². The molecule has 140 valence electrons. The van der Waals surface area contributed by atoms with Gasteiger partial charge in [0.2, 0.25) is 0 Å². The molecule has 0 aliphatic carbocycles. The molecule has 28 heavy (non-hydrogen) atoms. The molecule has 0 unspecified atom stereocenters. The maximum atomic E-state index is 13.0. The molecule has 0 spiro atoms. The number of fused-ring (bicyclic) bond motifs is 1. The van der Waals surface area contributed by atoms with Crippen molar-refractivity contribution in [3.05, 3.63) is 82.9 Å². The van der Waals surface area contributed by atoms with Gasteiger partial charge in [-0.2, -0.15) is 0 Å². The van der Waals surface area contributed by atoms with Crippen LogP contribution in [0.1, 0.15) is 10.4 Å². The molecule has 0 aliphatic heterocycles. The van der Waals surface area contributed by atoms with E-state index in [1.807, 2.05) is 0 Å². The highest BCUT2D eigenvalue weighted by Gasteiger charge is 2.08. The summed E-state index contributed by atoms with van der Waals surface area (Å²) in [6.45, 7) is 0.560. The van der Waals surface area contributed by atoms with Crippen LogP contribution >= 0.6 is 0 Å². The fourth-order valence-electron chi connectivity index (χ4n) is 2.84. The lowest BCUT2D eigenvalue weighted by atomic mass is 10.1. The van der Waals surface area contributed by atoms with Crippen molar-refractivity contribution in [1.82, 2.24) is 24.8 Å². The molecule has 2 aromatic heterocycles. The Hall–Kier alpha value is -3.81. The molecule has 8 heteroatoms. The van der Waals surface area contributed by atoms with Crippen LogP contribution < -0.4 is 10.9 Å². The first kappa shape index (κ1) is 17.6. The summed E-state index contributed by atoms with van der Waals surface area (Å²) in [6, 6.07) is 12.4. The van der Waals surface area contributed by atoms with Crippen LogP contribution in [0, 0.1) is 5.82 Å². The number of aromatic nitrogens is 4. The fourth-order valence-corrected chi connectivity index (χ4v) is 2.84. The van der Waals surface area contributed by atoms with E-state index in [1.165, 1.54) is 29.1 Å². The highest BCUT2D eigenvalue weighted by atomic mass is 19.1. The van der Waals surface area contributed by atoms with Crippen molar-refractivity contribution >= 4 is 16.9 Å². The van der Waals surface area contributed by atoms with Crippen molar-refractivity contribution in [1.29, 1.82) is 0 Å². The van der Waals surface area contributed by atoms with Gasteiger partial charge in [0.25, 0.3) is 11.5 Å². The molecule has 4 aromatic rings. The molecule has 2 N–H and O–H groups in total. The van der Waals surface area contributed by atoms with Gasteiger partial charge in [0.05, 0.1) is 29.4 Å². The minimum absolute atomic E-state index is 0.236. The van der Waals surface area contributed by atoms with E-state index in [0.29, 0.717) is 16.8 Å². The molecule has 4 rings (SSSR count). The summed E-state index contributed by atoms with van der Waals surface area (Å²) in [4.78, 5) is 35.9. The van der Waals surface area contributed by atoms with Crippen molar-refractivity contribution in [3.8, 4) is 11.3 Å². The number of nitrogens with zero attached hydrogens (tertiary/aromatic N) is 3. The molecular weight excluding hydrogens is 361 g/mol. The van der Waals surface area contributed by atoms with E-state index in [-0.39, 0.29) is 30.4 Å². The zero-order chi connectivity index (χ0) is 19.5. The lowest BCUT2D eigenvalue weighted by Gasteiger charge is -2.08. The van der Waals surface area contributed by atoms with Gasteiger partial charge in [-0.25, -0.2) is 14.4 Å². The number of nitrogens with one attached hydrogen (secondary N) is 2. The van der Waals surface area contributed by atoms with Crippen molar-refractivity contribution in [3.63, 3.8) is 0 Å². The minimum atomic E-state index is -0.348. The quantitative estimate of drug-likeness (QED) is 0.558. The first-order valence-corrected chi connectivity index (χ1v) is 8.64. The smallest absolute Gasteiger partial charge is 0.253 e. The number of hydrogen-bond donors (Lipinski definition) is 2. The Morgan fingerprint density at radius 3 is 2.71 bits per heavy atom. The van der Waals surface area contributed by atoms with E-state index in [4.69, 9.17) is 0 Å². The molecular formula is C20H16FN5O2. The Morgan fingerprint density at radius 2 is 1.93 bits per heavy atom. The average Bonchev–Trinajstić information content (AvgIpc) is 3.17. The summed E-state index contributed by atoms with van der Waals surface area (Å²) in [5, 5.41) is 2.78. The van der Waals surface area contributed by atoms with Crippen molar-refractivity contribution < 1.29 is 9.18 Å². The lowest BCUT2D eigenvalue weighted by Crippen LogP contribution is -2.30. The van der Waals surface area contributed by atoms with Gasteiger partial charge in [0.1, 0.15) is 5.82 Å². The summed E-state index contributed by atoms with van der Waals surface area (Å²) in [5.74, 6) is -0.583. The third-order valence-electron chi connectivity index (χ3n) is 4.34. The van der Waals surface area contributed by atoms with Gasteiger partial charge in [-0.05, 0) is 42.5 Å². The average molecular weight is 377 g/mol. The standard InChI is InChI=1S/C20H16FN5O2/c21-15-4-1-13(2-5-15)17-10-19(27)26(12-25-17)8-7-22-20(28)14-3-6-16-18(9-14)24-11-23-16/h1-6,9-12H,7-8H2,(H,22,28)(H,23,24). The maximum Gasteiger partial charge on any atom is 0.253 e. The second-order valence-electron chi connectivity index (χ2n) is 6.20. The predicted octanol–water partition coefficient (Wildman–Crippen LogP) is 2.36. The number of aromatic amines is 1. The first-order chi connectivity index (χ1) is 13.6. The summed E-state index contributed by atoms with van der Waals surface area (Å²) in [6.07, 6.45) is 2.99. The molecule has 0 radical (unpaired) electrons. The Balaban J connectivity index is 1.39. The summed E-state index contributed by atoms with van der Waals surface area (Å²) >= 11 is 0. The molecule has 0 aliphatic rings. The number of hydrogen-bond acceptors (Lipinski definition) is 4. The third-order valence-corrected chi connectivity index (χ3v) is 4.34. The van der Waals surface area contributed by atoms with Gasteiger partial charge in [0.15, 0.2) is 0 Å². The van der Waals surface area contributed by atoms with Crippen LogP contribution in [0.25, 0.3) is 22.3 Å². The summed E-state index contributed by atoms with van der Waals surface area (Å²) in [7, 11) is 0. The number of imidazole rings is 1. The van der Waals surface area contributed by atoms with Crippen LogP contribution in [-0.4, -0.2) is 32.0 Å². The largest absolute Gasteiger partial charge is 0.350 e. The van der Waals surface area contributed by atoms with E-state index in [1.54, 1.807) is 36.7 Å². The molecule has 2 heterocycles. The summed E-state index contributed by atoms with van der Waals surface area (Å²) in [5.41, 5.74) is 2.96. The number of amides is 1. The first-order valence-electron chi connectivity index (χ1n) is 8.64. The Kier molecular flexibility index (Phi) is 4.67.